The Morgan fingerprint density at radius 3 is 2.77 bits per heavy atom. The van der Waals surface area contributed by atoms with E-state index in [1.807, 2.05) is 0 Å². The first kappa shape index (κ1) is 18.1. The van der Waals surface area contributed by atoms with Crippen molar-refractivity contribution in [3.8, 4) is 17.0 Å². The molecular formula is C17H19N3O5S. The van der Waals surface area contributed by atoms with Crippen LogP contribution in [0.2, 0.25) is 0 Å². The number of aromatic amines is 1. The predicted molar refractivity (Wildman–Crippen MR) is 96.0 cm³/mol. The van der Waals surface area contributed by atoms with Crippen molar-refractivity contribution >= 4 is 15.7 Å². The Kier molecular flexibility index (Phi) is 4.82. The molecule has 2 aromatic rings. The van der Waals surface area contributed by atoms with Crippen molar-refractivity contribution in [2.75, 3.05) is 25.7 Å². The highest BCUT2D eigenvalue weighted by atomic mass is 32.2. The molecule has 0 bridgehead atoms. The van der Waals surface area contributed by atoms with E-state index >= 15 is 0 Å². The molecule has 1 amide bonds. The molecule has 0 saturated carbocycles. The summed E-state index contributed by atoms with van der Waals surface area (Å²) in [6.07, 6.45) is 0.391. The second-order valence-electron chi connectivity index (χ2n) is 6.19. The maximum Gasteiger partial charge on any atom is 0.346 e. The van der Waals surface area contributed by atoms with Crippen molar-refractivity contribution in [2.24, 2.45) is 0 Å². The lowest BCUT2D eigenvalue weighted by Gasteiger charge is -2.23. The normalized spacial score (nSPS) is 18.5. The number of aromatic nitrogens is 2. The maximum atomic E-state index is 12.7. The lowest BCUT2D eigenvalue weighted by atomic mass is 10.1. The summed E-state index contributed by atoms with van der Waals surface area (Å²) in [5.41, 5.74) is 0.384. The molecule has 8 nitrogen and oxygen atoms in total. The van der Waals surface area contributed by atoms with E-state index in [2.05, 4.69) is 9.97 Å². The highest BCUT2D eigenvalue weighted by Gasteiger charge is 2.33. The van der Waals surface area contributed by atoms with Crippen LogP contribution in [-0.2, 0) is 9.84 Å². The van der Waals surface area contributed by atoms with Crippen LogP contribution in [0.5, 0.6) is 5.75 Å². The molecule has 1 atom stereocenters. The highest BCUT2D eigenvalue weighted by Crippen LogP contribution is 2.23. The van der Waals surface area contributed by atoms with E-state index in [1.165, 1.54) is 25.1 Å². The molecule has 1 saturated heterocycles. The average molecular weight is 377 g/mol. The number of hydrogen-bond acceptors (Lipinski definition) is 6. The van der Waals surface area contributed by atoms with Crippen LogP contribution in [0.3, 0.4) is 0 Å². The van der Waals surface area contributed by atoms with Gasteiger partial charge in [0.05, 0.1) is 24.3 Å². The Morgan fingerprint density at radius 2 is 2.12 bits per heavy atom. The molecule has 0 aliphatic carbocycles. The van der Waals surface area contributed by atoms with Gasteiger partial charge in [-0.25, -0.2) is 13.2 Å². The Balaban J connectivity index is 1.92. The van der Waals surface area contributed by atoms with Crippen molar-refractivity contribution in [3.63, 3.8) is 0 Å². The fourth-order valence-corrected chi connectivity index (χ4v) is 4.71. The summed E-state index contributed by atoms with van der Waals surface area (Å²) in [5, 5.41) is 0. The van der Waals surface area contributed by atoms with Crippen molar-refractivity contribution in [1.29, 1.82) is 0 Å². The largest absolute Gasteiger partial charge is 0.497 e. The van der Waals surface area contributed by atoms with Gasteiger partial charge in [0.1, 0.15) is 11.4 Å². The number of nitrogens with one attached hydrogen (secondary N) is 1. The van der Waals surface area contributed by atoms with Gasteiger partial charge in [0.15, 0.2) is 9.84 Å². The topological polar surface area (TPSA) is 109 Å². The molecule has 2 heterocycles. The van der Waals surface area contributed by atoms with Gasteiger partial charge >= 0.3 is 5.69 Å². The Bertz CT molecular complexity index is 999. The standard InChI is InChI=1S/C17H19N3O5S/c1-20(12-6-7-26(23,24)10-12)16(21)15-9-14(18-17(22)19-15)11-4-3-5-13(8-11)25-2/h3-5,8-9,12H,6-7,10H2,1-2H3,(H,18,19,22). The molecule has 1 aromatic carbocycles. The molecule has 1 fully saturated rings. The van der Waals surface area contributed by atoms with Crippen LogP contribution in [-0.4, -0.2) is 60.9 Å². The lowest BCUT2D eigenvalue weighted by molar-refractivity contribution is 0.0741. The van der Waals surface area contributed by atoms with E-state index in [0.29, 0.717) is 23.4 Å². The second kappa shape index (κ2) is 6.91. The van der Waals surface area contributed by atoms with Crippen LogP contribution in [0.25, 0.3) is 11.3 Å². The summed E-state index contributed by atoms with van der Waals surface area (Å²) in [4.78, 5) is 32.3. The number of rotatable bonds is 4. The molecule has 0 spiro atoms. The molecule has 26 heavy (non-hydrogen) atoms. The van der Waals surface area contributed by atoms with Gasteiger partial charge in [0.2, 0.25) is 0 Å². The first-order chi connectivity index (χ1) is 12.3. The van der Waals surface area contributed by atoms with Crippen LogP contribution in [0.15, 0.2) is 35.1 Å². The molecule has 1 unspecified atom stereocenters. The summed E-state index contributed by atoms with van der Waals surface area (Å²) in [6.45, 7) is 0. The van der Waals surface area contributed by atoms with E-state index in [4.69, 9.17) is 4.74 Å². The van der Waals surface area contributed by atoms with Crippen molar-refractivity contribution in [3.05, 3.63) is 46.5 Å². The molecule has 1 aromatic heterocycles. The summed E-state index contributed by atoms with van der Waals surface area (Å²) in [7, 11) is -0.0441. The zero-order chi connectivity index (χ0) is 18.9. The Morgan fingerprint density at radius 1 is 1.35 bits per heavy atom. The van der Waals surface area contributed by atoms with Gasteiger partial charge in [-0.15, -0.1) is 0 Å². The number of carbonyl (C=O) groups is 1. The van der Waals surface area contributed by atoms with Gasteiger partial charge in [-0.1, -0.05) is 12.1 Å². The van der Waals surface area contributed by atoms with Gasteiger partial charge in [0, 0.05) is 18.7 Å². The average Bonchev–Trinajstić information content (AvgIpc) is 2.99. The van der Waals surface area contributed by atoms with Crippen LogP contribution in [0.1, 0.15) is 16.9 Å². The minimum atomic E-state index is -3.12. The zero-order valence-electron chi connectivity index (χ0n) is 14.4. The van der Waals surface area contributed by atoms with Gasteiger partial charge < -0.3 is 14.6 Å². The molecule has 0 radical (unpaired) electrons. The molecule has 138 valence electrons. The smallest absolute Gasteiger partial charge is 0.346 e. The van der Waals surface area contributed by atoms with E-state index in [1.54, 1.807) is 24.3 Å². The van der Waals surface area contributed by atoms with Crippen LogP contribution >= 0.6 is 0 Å². The third-order valence-electron chi connectivity index (χ3n) is 4.42. The molecular weight excluding hydrogens is 358 g/mol. The van der Waals surface area contributed by atoms with Crippen LogP contribution in [0, 0.1) is 0 Å². The highest BCUT2D eigenvalue weighted by molar-refractivity contribution is 7.91. The Hall–Kier alpha value is -2.68. The number of H-pyrrole nitrogens is 1. The fraction of sp³-hybridized carbons (Fsp3) is 0.353. The van der Waals surface area contributed by atoms with Crippen LogP contribution < -0.4 is 10.4 Å². The summed E-state index contributed by atoms with van der Waals surface area (Å²) >= 11 is 0. The minimum absolute atomic E-state index is 0.0622. The number of carbonyl (C=O) groups excluding carboxylic acids is 1. The minimum Gasteiger partial charge on any atom is -0.497 e. The van der Waals surface area contributed by atoms with Crippen LogP contribution in [0.4, 0.5) is 0 Å². The first-order valence-electron chi connectivity index (χ1n) is 8.02. The van der Waals surface area contributed by atoms with E-state index < -0.39 is 27.5 Å². The van der Waals surface area contributed by atoms with Crippen molar-refractivity contribution < 1.29 is 17.9 Å². The zero-order valence-corrected chi connectivity index (χ0v) is 15.2. The SMILES string of the molecule is COc1cccc(-c2cc(C(=O)N(C)C3CCS(=O)(=O)C3)[nH]c(=O)n2)c1. The number of ether oxygens (including phenoxy) is 1. The molecule has 9 heteroatoms. The number of benzene rings is 1. The summed E-state index contributed by atoms with van der Waals surface area (Å²) in [6, 6.07) is 8.07. The van der Waals surface area contributed by atoms with Crippen molar-refractivity contribution in [2.45, 2.75) is 12.5 Å². The van der Waals surface area contributed by atoms with E-state index in [9.17, 15) is 18.0 Å². The van der Waals surface area contributed by atoms with Gasteiger partial charge in [0.25, 0.3) is 5.91 Å². The molecule has 1 N–H and O–H groups in total. The van der Waals surface area contributed by atoms with Gasteiger partial charge in [-0.3, -0.25) is 4.79 Å². The number of methoxy groups -OCH3 is 1. The summed E-state index contributed by atoms with van der Waals surface area (Å²) in [5.74, 6) is 0.159. The number of amides is 1. The third kappa shape index (κ3) is 3.77. The van der Waals surface area contributed by atoms with E-state index in [0.717, 1.165) is 0 Å². The van der Waals surface area contributed by atoms with Gasteiger partial charge in [-0.2, -0.15) is 4.98 Å². The maximum absolute atomic E-state index is 12.7. The van der Waals surface area contributed by atoms with E-state index in [-0.39, 0.29) is 17.2 Å². The second-order valence-corrected chi connectivity index (χ2v) is 8.42. The van der Waals surface area contributed by atoms with Gasteiger partial charge in [-0.05, 0) is 24.6 Å². The third-order valence-corrected chi connectivity index (χ3v) is 6.17. The molecule has 1 aliphatic heterocycles. The fourth-order valence-electron chi connectivity index (χ4n) is 2.94. The quantitative estimate of drug-likeness (QED) is 0.840. The Labute approximate surface area is 150 Å². The number of sulfone groups is 1. The summed E-state index contributed by atoms with van der Waals surface area (Å²) < 4.78 is 28.4. The number of hydrogen-bond donors (Lipinski definition) is 1. The first-order valence-corrected chi connectivity index (χ1v) is 9.84. The molecule has 1 aliphatic rings. The number of nitrogens with zero attached hydrogens (tertiary/aromatic N) is 2. The molecule has 3 rings (SSSR count). The monoisotopic (exact) mass is 377 g/mol. The predicted octanol–water partition coefficient (Wildman–Crippen LogP) is 0.705. The lowest BCUT2D eigenvalue weighted by Crippen LogP contribution is -2.39. The van der Waals surface area contributed by atoms with Crippen molar-refractivity contribution in [1.82, 2.24) is 14.9 Å².